The number of rotatable bonds is 10. The molecule has 0 unspecified atom stereocenters. The molecule has 0 saturated carbocycles. The Morgan fingerprint density at radius 1 is 1.22 bits per heavy atom. The Kier molecular flexibility index (Phi) is 8.70. The first-order valence-corrected chi connectivity index (χ1v) is 11.0. The van der Waals surface area contributed by atoms with E-state index >= 15 is 0 Å². The molecule has 0 aromatic carbocycles. The molecule has 0 fully saturated rings. The molecular formula is C18H32O4Si. The van der Waals surface area contributed by atoms with Crippen molar-refractivity contribution in [1.82, 2.24) is 0 Å². The zero-order valence-electron chi connectivity index (χ0n) is 15.5. The molecule has 0 bridgehead atoms. The van der Waals surface area contributed by atoms with E-state index in [0.717, 1.165) is 0 Å². The van der Waals surface area contributed by atoms with Crippen LogP contribution in [-0.2, 0) is 18.8 Å². The molecule has 0 aliphatic rings. The molecule has 0 aromatic heterocycles. The standard InChI is InChI=1S/C18H32O4Si/c1-9-15(19)12-11-14(3)21-17(20)13-16(10-2)22-23(7,8)18(4,5)6/h9-10,14,16H,1-2,11-13H2,3-8H3/t14-,16-/m1/s1. The molecule has 132 valence electrons. The van der Waals surface area contributed by atoms with Gasteiger partial charge in [-0.2, -0.15) is 0 Å². The number of carbonyl (C=O) groups is 2. The average molecular weight is 341 g/mol. The zero-order chi connectivity index (χ0) is 18.3. The average Bonchev–Trinajstić information content (AvgIpc) is 2.42. The molecule has 0 aliphatic carbocycles. The lowest BCUT2D eigenvalue weighted by Crippen LogP contribution is -2.44. The molecular weight excluding hydrogens is 308 g/mol. The number of hydrogen-bond donors (Lipinski definition) is 0. The Hall–Kier alpha value is -1.20. The van der Waals surface area contributed by atoms with Crippen LogP contribution in [-0.4, -0.2) is 32.3 Å². The molecule has 0 N–H and O–H groups in total. The number of ketones is 1. The van der Waals surface area contributed by atoms with E-state index in [-0.39, 0.29) is 35.4 Å². The molecule has 0 amide bonds. The van der Waals surface area contributed by atoms with Gasteiger partial charge in [0, 0.05) is 6.42 Å². The summed E-state index contributed by atoms with van der Waals surface area (Å²) in [4.78, 5) is 23.2. The molecule has 0 saturated heterocycles. The van der Waals surface area contributed by atoms with Crippen LogP contribution in [0.5, 0.6) is 0 Å². The summed E-state index contributed by atoms with van der Waals surface area (Å²) >= 11 is 0. The maximum atomic E-state index is 12.0. The van der Waals surface area contributed by atoms with Gasteiger partial charge >= 0.3 is 5.97 Å². The first kappa shape index (κ1) is 21.8. The Balaban J connectivity index is 4.47. The number of ether oxygens (including phenoxy) is 1. The van der Waals surface area contributed by atoms with E-state index in [1.165, 1.54) is 6.08 Å². The Morgan fingerprint density at radius 2 is 1.78 bits per heavy atom. The minimum atomic E-state index is -1.97. The monoisotopic (exact) mass is 340 g/mol. The summed E-state index contributed by atoms with van der Waals surface area (Å²) in [5.74, 6) is -0.370. The van der Waals surface area contributed by atoms with Crippen LogP contribution in [0, 0.1) is 0 Å². The first-order valence-electron chi connectivity index (χ1n) is 8.08. The van der Waals surface area contributed by atoms with Crippen LogP contribution in [0.2, 0.25) is 18.1 Å². The molecule has 0 aliphatic heterocycles. The van der Waals surface area contributed by atoms with Crippen molar-refractivity contribution in [3.63, 3.8) is 0 Å². The van der Waals surface area contributed by atoms with Crippen molar-refractivity contribution in [2.75, 3.05) is 0 Å². The topological polar surface area (TPSA) is 52.6 Å². The van der Waals surface area contributed by atoms with Crippen molar-refractivity contribution in [3.8, 4) is 0 Å². The largest absolute Gasteiger partial charge is 0.463 e. The summed E-state index contributed by atoms with van der Waals surface area (Å²) in [5.41, 5.74) is 0. The van der Waals surface area contributed by atoms with Gasteiger partial charge in [0.05, 0.1) is 18.6 Å². The first-order chi connectivity index (χ1) is 10.4. The molecule has 2 atom stereocenters. The van der Waals surface area contributed by atoms with E-state index in [4.69, 9.17) is 9.16 Å². The van der Waals surface area contributed by atoms with Crippen molar-refractivity contribution in [2.24, 2.45) is 0 Å². The third-order valence-electron chi connectivity index (χ3n) is 4.24. The second kappa shape index (κ2) is 9.18. The van der Waals surface area contributed by atoms with Crippen LogP contribution >= 0.6 is 0 Å². The van der Waals surface area contributed by atoms with Crippen molar-refractivity contribution < 1.29 is 18.8 Å². The third-order valence-corrected chi connectivity index (χ3v) is 8.74. The molecule has 0 aromatic rings. The molecule has 4 nitrogen and oxygen atoms in total. The van der Waals surface area contributed by atoms with E-state index < -0.39 is 8.32 Å². The summed E-state index contributed by atoms with van der Waals surface area (Å²) in [5, 5.41) is 0.0660. The highest BCUT2D eigenvalue weighted by Crippen LogP contribution is 2.37. The van der Waals surface area contributed by atoms with E-state index in [2.05, 4.69) is 47.0 Å². The molecule has 0 radical (unpaired) electrons. The van der Waals surface area contributed by atoms with E-state index in [9.17, 15) is 9.59 Å². The number of esters is 1. The summed E-state index contributed by atoms with van der Waals surface area (Å²) in [6.45, 7) is 19.7. The van der Waals surface area contributed by atoms with Gasteiger partial charge in [0.15, 0.2) is 14.1 Å². The van der Waals surface area contributed by atoms with Crippen LogP contribution < -0.4 is 0 Å². The van der Waals surface area contributed by atoms with Gasteiger partial charge in [0.1, 0.15) is 0 Å². The van der Waals surface area contributed by atoms with Gasteiger partial charge in [-0.15, -0.1) is 6.58 Å². The summed E-state index contributed by atoms with van der Waals surface area (Å²) in [6, 6.07) is 0. The fourth-order valence-electron chi connectivity index (χ4n) is 1.67. The highest BCUT2D eigenvalue weighted by atomic mass is 28.4. The lowest BCUT2D eigenvalue weighted by molar-refractivity contribution is -0.150. The van der Waals surface area contributed by atoms with Gasteiger partial charge in [0.25, 0.3) is 0 Å². The second-order valence-electron chi connectivity index (χ2n) is 7.37. The van der Waals surface area contributed by atoms with Gasteiger partial charge in [-0.3, -0.25) is 9.59 Å². The Bertz CT molecular complexity index is 435. The molecule has 5 heteroatoms. The van der Waals surface area contributed by atoms with E-state index in [1.807, 2.05) is 0 Å². The number of carbonyl (C=O) groups excluding carboxylic acids is 2. The predicted octanol–water partition coefficient (Wildman–Crippen LogP) is 4.42. The number of hydrogen-bond acceptors (Lipinski definition) is 4. The van der Waals surface area contributed by atoms with Crippen LogP contribution in [0.25, 0.3) is 0 Å². The fourth-order valence-corrected chi connectivity index (χ4v) is 2.96. The van der Waals surface area contributed by atoms with Crippen LogP contribution in [0.15, 0.2) is 25.3 Å². The Morgan fingerprint density at radius 3 is 2.22 bits per heavy atom. The molecule has 0 spiro atoms. The third kappa shape index (κ3) is 8.28. The summed E-state index contributed by atoms with van der Waals surface area (Å²) < 4.78 is 11.5. The van der Waals surface area contributed by atoms with Crippen molar-refractivity contribution in [3.05, 3.63) is 25.3 Å². The van der Waals surface area contributed by atoms with E-state index in [0.29, 0.717) is 12.8 Å². The molecule has 23 heavy (non-hydrogen) atoms. The minimum absolute atomic E-state index is 0.0434. The predicted molar refractivity (Wildman–Crippen MR) is 96.9 cm³/mol. The van der Waals surface area contributed by atoms with Crippen LogP contribution in [0.4, 0.5) is 0 Å². The van der Waals surface area contributed by atoms with Crippen molar-refractivity contribution in [1.29, 1.82) is 0 Å². The normalized spacial score (nSPS) is 14.7. The van der Waals surface area contributed by atoms with Crippen LogP contribution in [0.1, 0.15) is 47.0 Å². The Labute approximate surface area is 142 Å². The zero-order valence-corrected chi connectivity index (χ0v) is 16.5. The van der Waals surface area contributed by atoms with Gasteiger partial charge in [-0.05, 0) is 37.6 Å². The SMILES string of the molecule is C=CC(=O)CC[C@@H](C)OC(=O)C[C@@H](C=C)O[Si](C)(C)C(C)(C)C. The minimum Gasteiger partial charge on any atom is -0.463 e. The number of allylic oxidation sites excluding steroid dienone is 1. The van der Waals surface area contributed by atoms with Gasteiger partial charge in [-0.25, -0.2) is 0 Å². The van der Waals surface area contributed by atoms with Gasteiger partial charge in [-0.1, -0.05) is 33.4 Å². The quantitative estimate of drug-likeness (QED) is 0.256. The molecule has 0 rings (SSSR count). The lowest BCUT2D eigenvalue weighted by Gasteiger charge is -2.38. The van der Waals surface area contributed by atoms with Crippen LogP contribution in [0.3, 0.4) is 0 Å². The lowest BCUT2D eigenvalue weighted by atomic mass is 10.1. The maximum Gasteiger partial charge on any atom is 0.308 e. The highest BCUT2D eigenvalue weighted by molar-refractivity contribution is 6.74. The summed E-state index contributed by atoms with van der Waals surface area (Å²) in [6.07, 6.45) is 3.29. The fraction of sp³-hybridized carbons (Fsp3) is 0.667. The second-order valence-corrected chi connectivity index (χ2v) is 12.1. The van der Waals surface area contributed by atoms with Crippen molar-refractivity contribution >= 4 is 20.1 Å². The summed E-state index contributed by atoms with van der Waals surface area (Å²) in [7, 11) is -1.97. The molecule has 0 heterocycles. The highest BCUT2D eigenvalue weighted by Gasteiger charge is 2.39. The van der Waals surface area contributed by atoms with E-state index in [1.54, 1.807) is 13.0 Å². The van der Waals surface area contributed by atoms with Gasteiger partial charge < -0.3 is 9.16 Å². The van der Waals surface area contributed by atoms with Crippen molar-refractivity contribution in [2.45, 2.75) is 77.3 Å². The van der Waals surface area contributed by atoms with Gasteiger partial charge in [0.2, 0.25) is 0 Å². The smallest absolute Gasteiger partial charge is 0.308 e. The maximum absolute atomic E-state index is 12.0.